The minimum atomic E-state index is -0.595. The summed E-state index contributed by atoms with van der Waals surface area (Å²) in [6.45, 7) is 0.559. The molecule has 1 unspecified atom stereocenters. The van der Waals surface area contributed by atoms with Crippen LogP contribution in [0, 0.1) is 5.92 Å². The van der Waals surface area contributed by atoms with Gasteiger partial charge in [0.25, 0.3) is 0 Å². The van der Waals surface area contributed by atoms with Crippen molar-refractivity contribution >= 4 is 5.91 Å². The average molecular weight is 215 g/mol. The van der Waals surface area contributed by atoms with Crippen LogP contribution in [0.4, 0.5) is 0 Å². The second-order valence-electron chi connectivity index (χ2n) is 4.27. The van der Waals surface area contributed by atoms with Gasteiger partial charge in [0.05, 0.1) is 12.7 Å². The Kier molecular flexibility index (Phi) is 5.65. The quantitative estimate of drug-likeness (QED) is 0.685. The molecule has 2 N–H and O–H groups in total. The van der Waals surface area contributed by atoms with Crippen molar-refractivity contribution in [2.45, 2.75) is 38.2 Å². The Hall–Kier alpha value is -0.610. The van der Waals surface area contributed by atoms with Crippen LogP contribution in [0.1, 0.15) is 32.1 Å². The fraction of sp³-hybridized carbons (Fsp3) is 0.909. The van der Waals surface area contributed by atoms with Gasteiger partial charge in [0, 0.05) is 20.1 Å². The zero-order chi connectivity index (χ0) is 11.1. The van der Waals surface area contributed by atoms with Gasteiger partial charge < -0.3 is 15.2 Å². The van der Waals surface area contributed by atoms with Crippen LogP contribution in [0.3, 0.4) is 0 Å². The van der Waals surface area contributed by atoms with Gasteiger partial charge in [-0.25, -0.2) is 0 Å². The molecule has 0 aromatic rings. The van der Waals surface area contributed by atoms with E-state index in [-0.39, 0.29) is 12.5 Å². The van der Waals surface area contributed by atoms with E-state index >= 15 is 0 Å². The van der Waals surface area contributed by atoms with Crippen LogP contribution in [-0.2, 0) is 9.53 Å². The largest absolute Gasteiger partial charge is 0.389 e. The monoisotopic (exact) mass is 215 g/mol. The van der Waals surface area contributed by atoms with Crippen LogP contribution in [0.25, 0.3) is 0 Å². The minimum Gasteiger partial charge on any atom is -0.389 e. The molecule has 15 heavy (non-hydrogen) atoms. The first-order chi connectivity index (χ1) is 7.22. The molecule has 88 valence electrons. The van der Waals surface area contributed by atoms with Gasteiger partial charge in [0.2, 0.25) is 5.91 Å². The highest BCUT2D eigenvalue weighted by atomic mass is 16.5. The summed E-state index contributed by atoms with van der Waals surface area (Å²) in [7, 11) is 1.53. The summed E-state index contributed by atoms with van der Waals surface area (Å²) in [5, 5.41) is 12.0. The van der Waals surface area contributed by atoms with Gasteiger partial charge in [0.15, 0.2) is 0 Å². The number of rotatable bonds is 6. The van der Waals surface area contributed by atoms with E-state index in [1.807, 2.05) is 0 Å². The Bertz CT molecular complexity index is 190. The summed E-state index contributed by atoms with van der Waals surface area (Å²) in [5.41, 5.74) is 0. The number of nitrogens with one attached hydrogen (secondary N) is 1. The summed E-state index contributed by atoms with van der Waals surface area (Å²) < 4.78 is 4.77. The number of amides is 1. The number of carbonyl (C=O) groups excluding carboxylic acids is 1. The molecule has 0 aliphatic heterocycles. The third-order valence-corrected chi connectivity index (χ3v) is 2.84. The minimum absolute atomic E-state index is 0.0528. The number of hydrogen-bond donors (Lipinski definition) is 2. The first kappa shape index (κ1) is 12.5. The summed E-state index contributed by atoms with van der Waals surface area (Å²) in [4.78, 5) is 11.4. The van der Waals surface area contributed by atoms with E-state index in [1.54, 1.807) is 0 Å². The fourth-order valence-corrected chi connectivity index (χ4v) is 2.03. The fourth-order valence-electron chi connectivity index (χ4n) is 2.03. The molecule has 0 aromatic carbocycles. The normalized spacial score (nSPS) is 19.1. The molecule has 0 spiro atoms. The molecule has 1 rings (SSSR count). The van der Waals surface area contributed by atoms with Crippen LogP contribution in [0.15, 0.2) is 0 Å². The number of aliphatic hydroxyl groups excluding tert-OH is 1. The number of hydrogen-bond acceptors (Lipinski definition) is 3. The molecule has 1 saturated carbocycles. The van der Waals surface area contributed by atoms with Crippen LogP contribution >= 0.6 is 0 Å². The van der Waals surface area contributed by atoms with Gasteiger partial charge >= 0.3 is 0 Å². The number of carbonyl (C=O) groups is 1. The van der Waals surface area contributed by atoms with Crippen LogP contribution in [0.5, 0.6) is 0 Å². The molecule has 0 heterocycles. The van der Waals surface area contributed by atoms with Crippen molar-refractivity contribution in [3.63, 3.8) is 0 Å². The summed E-state index contributed by atoms with van der Waals surface area (Å²) in [6, 6.07) is 0. The van der Waals surface area contributed by atoms with Gasteiger partial charge in [-0.3, -0.25) is 4.79 Å². The van der Waals surface area contributed by atoms with E-state index in [0.717, 1.165) is 0 Å². The highest BCUT2D eigenvalue weighted by Gasteiger charge is 2.18. The zero-order valence-electron chi connectivity index (χ0n) is 9.37. The maximum absolute atomic E-state index is 11.4. The van der Waals surface area contributed by atoms with Crippen molar-refractivity contribution in [1.82, 2.24) is 5.32 Å². The molecule has 4 nitrogen and oxygen atoms in total. The number of ether oxygens (including phenoxy) is 1. The number of methoxy groups -OCH3 is 1. The van der Waals surface area contributed by atoms with Gasteiger partial charge in [0.1, 0.15) is 0 Å². The molecule has 0 bridgehead atoms. The highest BCUT2D eigenvalue weighted by molar-refractivity contribution is 5.76. The van der Waals surface area contributed by atoms with Gasteiger partial charge in [-0.1, -0.05) is 12.8 Å². The lowest BCUT2D eigenvalue weighted by molar-refractivity contribution is -0.122. The van der Waals surface area contributed by atoms with Crippen molar-refractivity contribution in [2.75, 3.05) is 20.3 Å². The summed E-state index contributed by atoms with van der Waals surface area (Å²) >= 11 is 0. The predicted molar refractivity (Wildman–Crippen MR) is 57.5 cm³/mol. The molecular formula is C11H21NO3. The van der Waals surface area contributed by atoms with E-state index in [9.17, 15) is 9.90 Å². The molecule has 4 heteroatoms. The smallest absolute Gasteiger partial charge is 0.220 e. The van der Waals surface area contributed by atoms with Crippen LogP contribution in [-0.4, -0.2) is 37.4 Å². The maximum atomic E-state index is 11.4. The van der Waals surface area contributed by atoms with E-state index in [0.29, 0.717) is 18.9 Å². The highest BCUT2D eigenvalue weighted by Crippen LogP contribution is 2.27. The lowest BCUT2D eigenvalue weighted by Crippen LogP contribution is -2.34. The number of aliphatic hydroxyl groups is 1. The Balaban J connectivity index is 2.07. The molecule has 1 atom stereocenters. The van der Waals surface area contributed by atoms with Crippen molar-refractivity contribution in [2.24, 2.45) is 5.92 Å². The Morgan fingerprint density at radius 2 is 2.20 bits per heavy atom. The average Bonchev–Trinajstić information content (AvgIpc) is 2.68. The Labute approximate surface area is 91.0 Å². The molecule has 0 aromatic heterocycles. The van der Waals surface area contributed by atoms with Gasteiger partial charge in [-0.05, 0) is 18.8 Å². The second kappa shape index (κ2) is 6.80. The molecule has 1 aliphatic carbocycles. The maximum Gasteiger partial charge on any atom is 0.220 e. The molecule has 1 fully saturated rings. The standard InChI is InChI=1S/C11H21NO3/c1-15-8-10(13)7-12-11(14)6-9-4-2-3-5-9/h9-10,13H,2-8H2,1H3,(H,12,14). The lowest BCUT2D eigenvalue weighted by Gasteiger charge is -2.12. The van der Waals surface area contributed by atoms with Gasteiger partial charge in [-0.15, -0.1) is 0 Å². The second-order valence-corrected chi connectivity index (χ2v) is 4.27. The van der Waals surface area contributed by atoms with E-state index in [1.165, 1.54) is 32.8 Å². The Morgan fingerprint density at radius 1 is 1.53 bits per heavy atom. The van der Waals surface area contributed by atoms with E-state index in [2.05, 4.69) is 5.32 Å². The first-order valence-electron chi connectivity index (χ1n) is 5.66. The molecule has 0 radical (unpaired) electrons. The summed E-state index contributed by atoms with van der Waals surface area (Å²) in [6.07, 6.45) is 4.87. The van der Waals surface area contributed by atoms with Crippen molar-refractivity contribution < 1.29 is 14.6 Å². The third kappa shape index (κ3) is 5.14. The van der Waals surface area contributed by atoms with E-state index in [4.69, 9.17) is 4.74 Å². The van der Waals surface area contributed by atoms with Crippen molar-refractivity contribution in [1.29, 1.82) is 0 Å². The molecule has 1 aliphatic rings. The Morgan fingerprint density at radius 3 is 2.80 bits per heavy atom. The van der Waals surface area contributed by atoms with Gasteiger partial charge in [-0.2, -0.15) is 0 Å². The molecular weight excluding hydrogens is 194 g/mol. The van der Waals surface area contributed by atoms with Crippen LogP contribution < -0.4 is 5.32 Å². The van der Waals surface area contributed by atoms with E-state index < -0.39 is 6.10 Å². The SMILES string of the molecule is COCC(O)CNC(=O)CC1CCCC1. The predicted octanol–water partition coefficient (Wildman–Crippen LogP) is 0.690. The van der Waals surface area contributed by atoms with Crippen LogP contribution in [0.2, 0.25) is 0 Å². The van der Waals surface area contributed by atoms with Crippen molar-refractivity contribution in [3.05, 3.63) is 0 Å². The third-order valence-electron chi connectivity index (χ3n) is 2.84. The first-order valence-corrected chi connectivity index (χ1v) is 5.66. The topological polar surface area (TPSA) is 58.6 Å². The summed E-state index contributed by atoms with van der Waals surface area (Å²) in [5.74, 6) is 0.613. The van der Waals surface area contributed by atoms with Crippen molar-refractivity contribution in [3.8, 4) is 0 Å². The molecule has 0 saturated heterocycles. The zero-order valence-corrected chi connectivity index (χ0v) is 9.37. The lowest BCUT2D eigenvalue weighted by atomic mass is 10.0. The molecule has 1 amide bonds.